The van der Waals surface area contributed by atoms with Crippen LogP contribution in [0.15, 0.2) is 66.7 Å². The molecule has 7 nitrogen and oxygen atoms in total. The lowest BCUT2D eigenvalue weighted by Crippen LogP contribution is -2.40. The summed E-state index contributed by atoms with van der Waals surface area (Å²) >= 11 is 2.02. The molecule has 2 amide bonds. The first-order valence-electron chi connectivity index (χ1n) is 11.3. The predicted molar refractivity (Wildman–Crippen MR) is 142 cm³/mol. The van der Waals surface area contributed by atoms with Gasteiger partial charge in [-0.3, -0.25) is 10.1 Å². The maximum absolute atomic E-state index is 12.6. The van der Waals surface area contributed by atoms with Gasteiger partial charge < -0.3 is 15.2 Å². The number of aliphatic carboxylic acids is 1. The number of carbonyl (C=O) groups excluding carboxylic acids is 2. The van der Waals surface area contributed by atoms with Crippen molar-refractivity contribution in [2.24, 2.45) is 0 Å². The van der Waals surface area contributed by atoms with E-state index in [1.54, 1.807) is 18.2 Å². The lowest BCUT2D eigenvalue weighted by Gasteiger charge is -2.16. The van der Waals surface area contributed by atoms with Crippen molar-refractivity contribution < 1.29 is 24.2 Å². The average Bonchev–Trinajstić information content (AvgIpc) is 3.17. The number of fused-ring (bicyclic) bond motifs is 3. The Bertz CT molecular complexity index is 1230. The Labute approximate surface area is 217 Å². The van der Waals surface area contributed by atoms with Crippen LogP contribution in [0, 0.1) is 3.57 Å². The Morgan fingerprint density at radius 3 is 2.20 bits per heavy atom. The average molecular weight is 584 g/mol. The van der Waals surface area contributed by atoms with E-state index in [1.807, 2.05) is 53.8 Å². The lowest BCUT2D eigenvalue weighted by atomic mass is 9.98. The first kappa shape index (κ1) is 24.7. The van der Waals surface area contributed by atoms with Crippen molar-refractivity contribution in [2.45, 2.75) is 31.7 Å². The fourth-order valence-corrected chi connectivity index (χ4v) is 4.94. The topological polar surface area (TPSA) is 105 Å². The first-order valence-corrected chi connectivity index (χ1v) is 12.4. The second-order valence-corrected chi connectivity index (χ2v) is 9.46. The van der Waals surface area contributed by atoms with E-state index >= 15 is 0 Å². The van der Waals surface area contributed by atoms with Crippen molar-refractivity contribution in [3.8, 4) is 11.1 Å². The number of anilines is 1. The van der Waals surface area contributed by atoms with Crippen molar-refractivity contribution >= 4 is 46.2 Å². The van der Waals surface area contributed by atoms with Gasteiger partial charge in [-0.1, -0.05) is 61.9 Å². The Kier molecular flexibility index (Phi) is 7.70. The number of halogens is 1. The molecule has 0 bridgehead atoms. The number of hydrogen-bond donors (Lipinski definition) is 3. The summed E-state index contributed by atoms with van der Waals surface area (Å²) in [7, 11) is 0. The van der Waals surface area contributed by atoms with Gasteiger partial charge in [0.05, 0.1) is 5.69 Å². The van der Waals surface area contributed by atoms with Gasteiger partial charge in [-0.05, 0) is 69.5 Å². The van der Waals surface area contributed by atoms with Crippen LogP contribution in [0.4, 0.5) is 10.5 Å². The van der Waals surface area contributed by atoms with Crippen LogP contribution >= 0.6 is 22.6 Å². The molecule has 180 valence electrons. The quantitative estimate of drug-likeness (QED) is 0.298. The molecule has 3 aromatic carbocycles. The number of hydrogen-bond acceptors (Lipinski definition) is 4. The van der Waals surface area contributed by atoms with Crippen LogP contribution in [0.3, 0.4) is 0 Å². The van der Waals surface area contributed by atoms with Crippen molar-refractivity contribution in [1.82, 2.24) is 5.32 Å². The molecule has 8 heteroatoms. The molecule has 1 atom stereocenters. The maximum Gasteiger partial charge on any atom is 0.411 e. The lowest BCUT2D eigenvalue weighted by molar-refractivity contribution is -0.139. The molecule has 0 spiro atoms. The standard InChI is InChI=1S/C27H25IN2O5/c1-2-7-24(26(32)33)29-25(31)16-12-13-23(22(28)14-16)30-27(34)35-15-21-19-10-5-3-8-17(19)18-9-4-6-11-20(18)21/h3-6,8-14,21,24H,2,7,15H2,1H3,(H,29,31)(H,30,34)(H,32,33). The number of carbonyl (C=O) groups is 3. The number of carboxylic acid groups (broad SMARTS) is 1. The van der Waals surface area contributed by atoms with Crippen LogP contribution < -0.4 is 10.6 Å². The summed E-state index contributed by atoms with van der Waals surface area (Å²) in [5.74, 6) is -1.58. The number of carboxylic acids is 1. The van der Waals surface area contributed by atoms with Gasteiger partial charge in [-0.2, -0.15) is 0 Å². The summed E-state index contributed by atoms with van der Waals surface area (Å²) in [4.78, 5) is 36.4. The van der Waals surface area contributed by atoms with E-state index in [1.165, 1.54) is 0 Å². The molecule has 3 aromatic rings. The van der Waals surface area contributed by atoms with E-state index in [9.17, 15) is 19.5 Å². The van der Waals surface area contributed by atoms with Gasteiger partial charge >= 0.3 is 12.1 Å². The molecule has 35 heavy (non-hydrogen) atoms. The minimum Gasteiger partial charge on any atom is -0.480 e. The highest BCUT2D eigenvalue weighted by Crippen LogP contribution is 2.44. The van der Waals surface area contributed by atoms with Crippen molar-refractivity contribution in [2.75, 3.05) is 11.9 Å². The van der Waals surface area contributed by atoms with Crippen LogP contribution in [-0.2, 0) is 9.53 Å². The minimum absolute atomic E-state index is 0.0383. The van der Waals surface area contributed by atoms with E-state index in [0.29, 0.717) is 27.7 Å². The molecule has 1 aliphatic carbocycles. The van der Waals surface area contributed by atoms with E-state index in [2.05, 4.69) is 34.9 Å². The summed E-state index contributed by atoms with van der Waals surface area (Å²) in [6.45, 7) is 2.06. The molecule has 0 radical (unpaired) electrons. The normalized spacial score (nSPS) is 12.9. The Balaban J connectivity index is 1.39. The van der Waals surface area contributed by atoms with Crippen LogP contribution in [0.2, 0.25) is 0 Å². The SMILES string of the molecule is CCCC(NC(=O)c1ccc(NC(=O)OCC2c3ccccc3-c3ccccc32)c(I)c1)C(=O)O. The molecule has 0 aliphatic heterocycles. The third-order valence-electron chi connectivity index (χ3n) is 5.99. The maximum atomic E-state index is 12.6. The monoisotopic (exact) mass is 584 g/mol. The highest BCUT2D eigenvalue weighted by molar-refractivity contribution is 14.1. The van der Waals surface area contributed by atoms with Crippen LogP contribution in [0.1, 0.15) is 47.2 Å². The summed E-state index contributed by atoms with van der Waals surface area (Å²) in [5, 5.41) is 14.5. The highest BCUT2D eigenvalue weighted by Gasteiger charge is 2.29. The van der Waals surface area contributed by atoms with E-state index in [0.717, 1.165) is 22.3 Å². The molecular weight excluding hydrogens is 559 g/mol. The van der Waals surface area contributed by atoms with Crippen molar-refractivity contribution in [3.05, 3.63) is 87.0 Å². The van der Waals surface area contributed by atoms with Gasteiger partial charge in [0.2, 0.25) is 0 Å². The number of nitrogens with one attached hydrogen (secondary N) is 2. The van der Waals surface area contributed by atoms with Gasteiger partial charge in [0.1, 0.15) is 12.6 Å². The second-order valence-electron chi connectivity index (χ2n) is 8.30. The van der Waals surface area contributed by atoms with Gasteiger partial charge in [0.25, 0.3) is 5.91 Å². The molecule has 0 fully saturated rings. The molecule has 4 rings (SSSR count). The van der Waals surface area contributed by atoms with Crippen molar-refractivity contribution in [1.29, 1.82) is 0 Å². The third-order valence-corrected chi connectivity index (χ3v) is 6.88. The van der Waals surface area contributed by atoms with Crippen molar-refractivity contribution in [3.63, 3.8) is 0 Å². The summed E-state index contributed by atoms with van der Waals surface area (Å²) in [5.41, 5.74) is 5.40. The number of ether oxygens (including phenoxy) is 1. The Hall–Kier alpha value is -3.40. The van der Waals surface area contributed by atoms with Crippen LogP contribution in [-0.4, -0.2) is 35.7 Å². The highest BCUT2D eigenvalue weighted by atomic mass is 127. The minimum atomic E-state index is -1.07. The Morgan fingerprint density at radius 1 is 1.00 bits per heavy atom. The number of amides is 2. The smallest absolute Gasteiger partial charge is 0.411 e. The van der Waals surface area contributed by atoms with Gasteiger partial charge in [-0.15, -0.1) is 0 Å². The van der Waals surface area contributed by atoms with Crippen LogP contribution in [0.25, 0.3) is 11.1 Å². The second kappa shape index (κ2) is 10.9. The van der Waals surface area contributed by atoms with Gasteiger partial charge in [-0.25, -0.2) is 9.59 Å². The summed E-state index contributed by atoms with van der Waals surface area (Å²) in [6, 6.07) is 20.1. The zero-order valence-electron chi connectivity index (χ0n) is 19.1. The molecule has 3 N–H and O–H groups in total. The molecule has 0 saturated heterocycles. The Morgan fingerprint density at radius 2 is 1.63 bits per heavy atom. The molecule has 0 saturated carbocycles. The first-order chi connectivity index (χ1) is 16.9. The van der Waals surface area contributed by atoms with E-state index in [-0.39, 0.29) is 12.5 Å². The third kappa shape index (κ3) is 5.48. The number of rotatable bonds is 8. The van der Waals surface area contributed by atoms with Crippen LogP contribution in [0.5, 0.6) is 0 Å². The van der Waals surface area contributed by atoms with Gasteiger partial charge in [0.15, 0.2) is 0 Å². The zero-order valence-corrected chi connectivity index (χ0v) is 21.2. The van der Waals surface area contributed by atoms with E-state index in [4.69, 9.17) is 4.74 Å². The fraction of sp³-hybridized carbons (Fsp3) is 0.222. The largest absolute Gasteiger partial charge is 0.480 e. The predicted octanol–water partition coefficient (Wildman–Crippen LogP) is 5.64. The summed E-state index contributed by atoms with van der Waals surface area (Å²) in [6.07, 6.45) is 0.396. The fourth-order valence-electron chi connectivity index (χ4n) is 4.29. The number of benzene rings is 3. The molecular formula is C27H25IN2O5. The molecule has 0 aromatic heterocycles. The zero-order chi connectivity index (χ0) is 24.9. The van der Waals surface area contributed by atoms with E-state index < -0.39 is 24.0 Å². The molecule has 1 unspecified atom stereocenters. The molecule has 1 aliphatic rings. The molecule has 0 heterocycles. The van der Waals surface area contributed by atoms with Gasteiger partial charge in [0, 0.05) is 15.1 Å². The summed E-state index contributed by atoms with van der Waals surface area (Å²) < 4.78 is 6.21.